The highest BCUT2D eigenvalue weighted by Crippen LogP contribution is 2.32. The molecular weight excluding hydrogens is 156 g/mol. The van der Waals surface area contributed by atoms with Gasteiger partial charge in [-0.1, -0.05) is 12.2 Å². The summed E-state index contributed by atoms with van der Waals surface area (Å²) in [4.78, 5) is 22.0. The van der Waals surface area contributed by atoms with Gasteiger partial charge >= 0.3 is 11.9 Å². The van der Waals surface area contributed by atoms with Crippen molar-refractivity contribution in [2.45, 2.75) is 19.3 Å². The Morgan fingerprint density at radius 2 is 2.00 bits per heavy atom. The van der Waals surface area contributed by atoms with Crippen LogP contribution in [0.4, 0.5) is 0 Å². The maximum absolute atomic E-state index is 11.2. The average molecular weight is 166 g/mol. The van der Waals surface area contributed by atoms with Gasteiger partial charge in [-0.2, -0.15) is 0 Å². The van der Waals surface area contributed by atoms with Crippen molar-refractivity contribution in [1.29, 1.82) is 0 Å². The lowest BCUT2D eigenvalue weighted by Gasteiger charge is -2.29. The quantitative estimate of drug-likeness (QED) is 0.307. The van der Waals surface area contributed by atoms with E-state index in [1.807, 2.05) is 12.2 Å². The molecule has 1 aliphatic carbocycles. The first kappa shape index (κ1) is 7.53. The molecule has 0 aromatic heterocycles. The topological polar surface area (TPSA) is 43.4 Å². The van der Waals surface area contributed by atoms with E-state index in [4.69, 9.17) is 0 Å². The highest BCUT2D eigenvalue weighted by molar-refractivity contribution is 5.90. The van der Waals surface area contributed by atoms with Crippen LogP contribution in [0.5, 0.6) is 0 Å². The molecule has 0 radical (unpaired) electrons. The number of cyclic esters (lactones) is 2. The first-order valence-corrected chi connectivity index (χ1v) is 4.17. The summed E-state index contributed by atoms with van der Waals surface area (Å²) in [5.41, 5.74) is 0. The fraction of sp³-hybridized carbons (Fsp3) is 0.556. The molecule has 1 aliphatic heterocycles. The number of hydrogen-bond donors (Lipinski definition) is 0. The van der Waals surface area contributed by atoms with Crippen LogP contribution in [0.3, 0.4) is 0 Å². The zero-order chi connectivity index (χ0) is 8.55. The van der Waals surface area contributed by atoms with Gasteiger partial charge in [-0.15, -0.1) is 0 Å². The van der Waals surface area contributed by atoms with Crippen LogP contribution >= 0.6 is 0 Å². The van der Waals surface area contributed by atoms with Gasteiger partial charge in [-0.3, -0.25) is 9.59 Å². The van der Waals surface area contributed by atoms with E-state index in [1.54, 1.807) is 0 Å². The number of esters is 2. The van der Waals surface area contributed by atoms with Gasteiger partial charge in [0.05, 0.1) is 5.92 Å². The Bertz CT molecular complexity index is 254. The van der Waals surface area contributed by atoms with E-state index in [2.05, 4.69) is 4.74 Å². The molecule has 1 fully saturated rings. The van der Waals surface area contributed by atoms with Crippen molar-refractivity contribution in [3.63, 3.8) is 0 Å². The van der Waals surface area contributed by atoms with E-state index in [0.29, 0.717) is 6.42 Å². The number of rotatable bonds is 0. The molecule has 3 heteroatoms. The Morgan fingerprint density at radius 1 is 1.25 bits per heavy atom. The van der Waals surface area contributed by atoms with Crippen molar-refractivity contribution in [3.8, 4) is 0 Å². The third kappa shape index (κ3) is 1.15. The van der Waals surface area contributed by atoms with Gasteiger partial charge in [0.1, 0.15) is 0 Å². The molecule has 2 atom stereocenters. The monoisotopic (exact) mass is 166 g/mol. The molecule has 0 N–H and O–H groups in total. The summed E-state index contributed by atoms with van der Waals surface area (Å²) in [6.07, 6.45) is 5.99. The van der Waals surface area contributed by atoms with E-state index in [9.17, 15) is 9.59 Å². The molecule has 0 aromatic rings. The van der Waals surface area contributed by atoms with Gasteiger partial charge in [0.25, 0.3) is 0 Å². The fourth-order valence-corrected chi connectivity index (χ4v) is 1.83. The molecular formula is C9H10O3. The number of hydrogen-bond acceptors (Lipinski definition) is 3. The summed E-state index contributed by atoms with van der Waals surface area (Å²) < 4.78 is 4.54. The van der Waals surface area contributed by atoms with E-state index in [1.165, 1.54) is 0 Å². The lowest BCUT2D eigenvalue weighted by molar-refractivity contribution is -0.170. The van der Waals surface area contributed by atoms with Crippen LogP contribution < -0.4 is 0 Å². The minimum atomic E-state index is -0.364. The molecule has 2 aliphatic rings. The van der Waals surface area contributed by atoms with Crippen molar-refractivity contribution in [1.82, 2.24) is 0 Å². The van der Waals surface area contributed by atoms with Crippen molar-refractivity contribution in [2.24, 2.45) is 11.8 Å². The average Bonchev–Trinajstić information content (AvgIpc) is 2.04. The normalized spacial score (nSPS) is 34.3. The first-order valence-electron chi connectivity index (χ1n) is 4.17. The summed E-state index contributed by atoms with van der Waals surface area (Å²) in [6.45, 7) is 0. The lowest BCUT2D eigenvalue weighted by Crippen LogP contribution is -2.36. The highest BCUT2D eigenvalue weighted by atomic mass is 16.6. The van der Waals surface area contributed by atoms with Crippen molar-refractivity contribution in [2.75, 3.05) is 0 Å². The number of ether oxygens (including phenoxy) is 1. The standard InChI is InChI=1S/C9H10O3/c10-8-5-6-3-1-2-4-7(6)9(11)12-8/h1-2,6-7H,3-5H2/t6-,7-/m0/s1. The van der Waals surface area contributed by atoms with Crippen LogP contribution in [0, 0.1) is 11.8 Å². The molecule has 3 nitrogen and oxygen atoms in total. The molecule has 0 unspecified atom stereocenters. The largest absolute Gasteiger partial charge is 0.393 e. The predicted octanol–water partition coefficient (Wildman–Crippen LogP) is 1.04. The minimum absolute atomic E-state index is 0.0623. The van der Waals surface area contributed by atoms with Gasteiger partial charge < -0.3 is 4.74 Å². The van der Waals surface area contributed by atoms with Crippen LogP contribution in [0.1, 0.15) is 19.3 Å². The first-order chi connectivity index (χ1) is 5.77. The minimum Gasteiger partial charge on any atom is -0.393 e. The van der Waals surface area contributed by atoms with Gasteiger partial charge in [0.15, 0.2) is 0 Å². The number of carbonyl (C=O) groups is 2. The summed E-state index contributed by atoms with van der Waals surface area (Å²) in [5.74, 6) is -0.561. The molecule has 1 saturated heterocycles. The SMILES string of the molecule is O=C1C[C@@H]2CC=CC[C@@H]2C(=O)O1. The summed E-state index contributed by atoms with van der Waals surface area (Å²) in [7, 11) is 0. The van der Waals surface area contributed by atoms with E-state index < -0.39 is 0 Å². The molecule has 1 heterocycles. The number of carbonyl (C=O) groups excluding carboxylic acids is 2. The van der Waals surface area contributed by atoms with Gasteiger partial charge in [0, 0.05) is 6.42 Å². The van der Waals surface area contributed by atoms with Crippen LogP contribution in [0.25, 0.3) is 0 Å². The summed E-state index contributed by atoms with van der Waals surface area (Å²) in [5, 5.41) is 0. The Morgan fingerprint density at radius 3 is 2.83 bits per heavy atom. The second-order valence-electron chi connectivity index (χ2n) is 3.31. The van der Waals surface area contributed by atoms with Gasteiger partial charge in [-0.25, -0.2) is 0 Å². The van der Waals surface area contributed by atoms with E-state index in [-0.39, 0.29) is 23.8 Å². The smallest absolute Gasteiger partial charge is 0.317 e. The second-order valence-corrected chi connectivity index (χ2v) is 3.31. The molecule has 12 heavy (non-hydrogen) atoms. The number of allylic oxidation sites excluding steroid dienone is 2. The zero-order valence-corrected chi connectivity index (χ0v) is 6.66. The maximum Gasteiger partial charge on any atom is 0.317 e. The summed E-state index contributed by atoms with van der Waals surface area (Å²) >= 11 is 0. The molecule has 0 spiro atoms. The number of fused-ring (bicyclic) bond motifs is 1. The fourth-order valence-electron chi connectivity index (χ4n) is 1.83. The lowest BCUT2D eigenvalue weighted by atomic mass is 9.80. The third-order valence-corrected chi connectivity index (χ3v) is 2.51. The zero-order valence-electron chi connectivity index (χ0n) is 6.66. The van der Waals surface area contributed by atoms with Crippen molar-refractivity contribution < 1.29 is 14.3 Å². The highest BCUT2D eigenvalue weighted by Gasteiger charge is 2.37. The Balaban J connectivity index is 2.18. The summed E-state index contributed by atoms with van der Waals surface area (Å²) in [6, 6.07) is 0. The van der Waals surface area contributed by atoms with Crippen molar-refractivity contribution >= 4 is 11.9 Å². The predicted molar refractivity (Wildman–Crippen MR) is 41.1 cm³/mol. The van der Waals surface area contributed by atoms with Crippen LogP contribution in [0.2, 0.25) is 0 Å². The van der Waals surface area contributed by atoms with Gasteiger partial charge in [-0.05, 0) is 18.8 Å². The molecule has 0 aromatic carbocycles. The van der Waals surface area contributed by atoms with Crippen LogP contribution in [-0.2, 0) is 14.3 Å². The van der Waals surface area contributed by atoms with Crippen LogP contribution in [-0.4, -0.2) is 11.9 Å². The van der Waals surface area contributed by atoms with E-state index >= 15 is 0 Å². The molecule has 2 rings (SSSR count). The Hall–Kier alpha value is -1.12. The Kier molecular flexibility index (Phi) is 1.71. The maximum atomic E-state index is 11.2. The molecule has 64 valence electrons. The second kappa shape index (κ2) is 2.73. The van der Waals surface area contributed by atoms with Gasteiger partial charge in [0.2, 0.25) is 0 Å². The van der Waals surface area contributed by atoms with E-state index in [0.717, 1.165) is 12.8 Å². The third-order valence-electron chi connectivity index (χ3n) is 2.51. The molecule has 0 saturated carbocycles. The van der Waals surface area contributed by atoms with Crippen molar-refractivity contribution in [3.05, 3.63) is 12.2 Å². The Labute approximate surface area is 70.4 Å². The van der Waals surface area contributed by atoms with Crippen LogP contribution in [0.15, 0.2) is 12.2 Å². The molecule has 0 bridgehead atoms. The molecule has 0 amide bonds.